The van der Waals surface area contributed by atoms with Gasteiger partial charge in [-0.05, 0) is 43.4 Å². The number of hydrogen-bond donors (Lipinski definition) is 2. The van der Waals surface area contributed by atoms with Gasteiger partial charge in [0.15, 0.2) is 0 Å². The van der Waals surface area contributed by atoms with E-state index in [2.05, 4.69) is 5.32 Å². The van der Waals surface area contributed by atoms with Gasteiger partial charge in [-0.2, -0.15) is 0 Å². The van der Waals surface area contributed by atoms with Crippen molar-refractivity contribution in [1.29, 1.82) is 0 Å². The van der Waals surface area contributed by atoms with E-state index in [-0.39, 0.29) is 18.0 Å². The number of benzene rings is 1. The molecule has 1 fully saturated rings. The van der Waals surface area contributed by atoms with Crippen molar-refractivity contribution < 1.29 is 4.79 Å². The average Bonchev–Trinajstić information content (AvgIpc) is 3.11. The van der Waals surface area contributed by atoms with E-state index < -0.39 is 0 Å². The van der Waals surface area contributed by atoms with Crippen molar-refractivity contribution in [3.05, 3.63) is 33.8 Å². The summed E-state index contributed by atoms with van der Waals surface area (Å²) in [5, 5.41) is 4.07. The molecule has 0 aliphatic heterocycles. The van der Waals surface area contributed by atoms with Gasteiger partial charge >= 0.3 is 0 Å². The van der Waals surface area contributed by atoms with Gasteiger partial charge in [0.05, 0.1) is 6.04 Å². The van der Waals surface area contributed by atoms with Crippen LogP contribution in [0.1, 0.15) is 37.8 Å². The molecule has 3 N–H and O–H groups in total. The fourth-order valence-corrected chi connectivity index (χ4v) is 2.71. The van der Waals surface area contributed by atoms with Crippen LogP contribution in [-0.4, -0.2) is 11.9 Å². The molecule has 0 aromatic heterocycles. The second-order valence-electron chi connectivity index (χ2n) is 5.16. The van der Waals surface area contributed by atoms with Gasteiger partial charge in [0.1, 0.15) is 0 Å². The lowest BCUT2D eigenvalue weighted by atomic mass is 10.1. The minimum atomic E-state index is -0.149. The molecule has 0 bridgehead atoms. The van der Waals surface area contributed by atoms with Gasteiger partial charge in [0.2, 0.25) is 5.91 Å². The summed E-state index contributed by atoms with van der Waals surface area (Å²) in [7, 11) is 0. The lowest BCUT2D eigenvalue weighted by Crippen LogP contribution is -2.34. The number of nitrogens with two attached hydrogens (primary N) is 1. The molecule has 3 nitrogen and oxygen atoms in total. The van der Waals surface area contributed by atoms with Gasteiger partial charge in [-0.15, -0.1) is 0 Å². The highest BCUT2D eigenvalue weighted by atomic mass is 35.5. The Balaban J connectivity index is 1.92. The van der Waals surface area contributed by atoms with Crippen molar-refractivity contribution in [2.45, 2.75) is 38.3 Å². The summed E-state index contributed by atoms with van der Waals surface area (Å²) in [6.45, 7) is 1.90. The summed E-state index contributed by atoms with van der Waals surface area (Å²) in [6.07, 6.45) is 2.67. The minimum absolute atomic E-state index is 0.0205. The smallest absolute Gasteiger partial charge is 0.222 e. The van der Waals surface area contributed by atoms with Crippen molar-refractivity contribution in [1.82, 2.24) is 5.32 Å². The standard InChI is InChI=1S/C14H18Cl2N2O/c1-8(11-5-4-10(15)6-12(11)16)18-14(19)7-13(17)9-2-3-9/h4-6,8-9,13H,2-3,7,17H2,1H3,(H,18,19). The van der Waals surface area contributed by atoms with Gasteiger partial charge in [-0.25, -0.2) is 0 Å². The third-order valence-electron chi connectivity index (χ3n) is 3.46. The third kappa shape index (κ3) is 4.10. The van der Waals surface area contributed by atoms with E-state index in [1.807, 2.05) is 13.0 Å². The van der Waals surface area contributed by atoms with Crippen LogP contribution < -0.4 is 11.1 Å². The van der Waals surface area contributed by atoms with Crippen molar-refractivity contribution in [2.75, 3.05) is 0 Å². The van der Waals surface area contributed by atoms with Gasteiger partial charge in [0, 0.05) is 22.5 Å². The van der Waals surface area contributed by atoms with Crippen LogP contribution in [-0.2, 0) is 4.79 Å². The van der Waals surface area contributed by atoms with E-state index in [0.717, 1.165) is 18.4 Å². The topological polar surface area (TPSA) is 55.1 Å². The lowest BCUT2D eigenvalue weighted by Gasteiger charge is -2.17. The Morgan fingerprint density at radius 3 is 2.74 bits per heavy atom. The molecule has 0 spiro atoms. The van der Waals surface area contributed by atoms with Crippen molar-refractivity contribution in [2.24, 2.45) is 11.7 Å². The van der Waals surface area contributed by atoms with Crippen LogP contribution in [0.25, 0.3) is 0 Å². The Labute approximate surface area is 123 Å². The molecule has 1 aliphatic carbocycles. The highest BCUT2D eigenvalue weighted by molar-refractivity contribution is 6.35. The Kier molecular flexibility index (Phi) is 4.71. The van der Waals surface area contributed by atoms with Crippen LogP contribution in [0, 0.1) is 5.92 Å². The van der Waals surface area contributed by atoms with E-state index in [0.29, 0.717) is 22.4 Å². The monoisotopic (exact) mass is 300 g/mol. The van der Waals surface area contributed by atoms with Crippen LogP contribution in [0.3, 0.4) is 0 Å². The zero-order valence-electron chi connectivity index (χ0n) is 10.8. The molecular weight excluding hydrogens is 283 g/mol. The SMILES string of the molecule is CC(NC(=O)CC(N)C1CC1)c1ccc(Cl)cc1Cl. The Morgan fingerprint density at radius 2 is 2.16 bits per heavy atom. The zero-order chi connectivity index (χ0) is 14.0. The molecule has 2 atom stereocenters. The van der Waals surface area contributed by atoms with E-state index in [4.69, 9.17) is 28.9 Å². The van der Waals surface area contributed by atoms with Crippen LogP contribution in [0.4, 0.5) is 0 Å². The Hall–Kier alpha value is -0.770. The second-order valence-corrected chi connectivity index (χ2v) is 6.00. The first kappa shape index (κ1) is 14.6. The molecule has 2 unspecified atom stereocenters. The highest BCUT2D eigenvalue weighted by Crippen LogP contribution is 2.33. The highest BCUT2D eigenvalue weighted by Gasteiger charge is 2.30. The van der Waals surface area contributed by atoms with Gasteiger partial charge in [-0.1, -0.05) is 29.3 Å². The summed E-state index contributed by atoms with van der Waals surface area (Å²) in [5.74, 6) is 0.498. The number of carbonyl (C=O) groups is 1. The molecule has 0 saturated heterocycles. The molecule has 104 valence electrons. The van der Waals surface area contributed by atoms with Crippen LogP contribution in [0.2, 0.25) is 10.0 Å². The Morgan fingerprint density at radius 1 is 1.47 bits per heavy atom. The maximum absolute atomic E-state index is 11.9. The number of nitrogens with one attached hydrogen (secondary N) is 1. The summed E-state index contributed by atoms with van der Waals surface area (Å²) >= 11 is 12.0. The maximum Gasteiger partial charge on any atom is 0.222 e. The van der Waals surface area contributed by atoms with Crippen molar-refractivity contribution >= 4 is 29.1 Å². The molecule has 1 aromatic carbocycles. The molecule has 1 amide bonds. The normalized spacial score (nSPS) is 17.9. The quantitative estimate of drug-likeness (QED) is 0.876. The first-order valence-corrected chi connectivity index (χ1v) is 7.23. The first-order chi connectivity index (χ1) is 8.97. The first-order valence-electron chi connectivity index (χ1n) is 6.47. The molecule has 0 radical (unpaired) electrons. The molecule has 1 aromatic rings. The molecule has 1 aliphatic rings. The summed E-state index contributed by atoms with van der Waals surface area (Å²) < 4.78 is 0. The largest absolute Gasteiger partial charge is 0.349 e. The molecule has 5 heteroatoms. The predicted molar refractivity (Wildman–Crippen MR) is 78.3 cm³/mol. The molecule has 19 heavy (non-hydrogen) atoms. The minimum Gasteiger partial charge on any atom is -0.349 e. The Bertz CT molecular complexity index is 475. The van der Waals surface area contributed by atoms with Crippen LogP contribution >= 0.6 is 23.2 Å². The zero-order valence-corrected chi connectivity index (χ0v) is 12.3. The number of amides is 1. The van der Waals surface area contributed by atoms with Crippen LogP contribution in [0.15, 0.2) is 18.2 Å². The van der Waals surface area contributed by atoms with E-state index in [1.165, 1.54) is 0 Å². The fourth-order valence-electron chi connectivity index (χ4n) is 2.14. The average molecular weight is 301 g/mol. The second kappa shape index (κ2) is 6.12. The number of halogens is 2. The third-order valence-corrected chi connectivity index (χ3v) is 4.02. The van der Waals surface area contributed by atoms with Gasteiger partial charge in [0.25, 0.3) is 0 Å². The summed E-state index contributed by atoms with van der Waals surface area (Å²) in [6, 6.07) is 5.10. The van der Waals surface area contributed by atoms with Crippen molar-refractivity contribution in [3.8, 4) is 0 Å². The van der Waals surface area contributed by atoms with Crippen LogP contribution in [0.5, 0.6) is 0 Å². The molecular formula is C14H18Cl2N2O. The predicted octanol–water partition coefficient (Wildman–Crippen LogP) is 3.30. The van der Waals surface area contributed by atoms with Crippen molar-refractivity contribution in [3.63, 3.8) is 0 Å². The molecule has 2 rings (SSSR count). The van der Waals surface area contributed by atoms with E-state index in [1.54, 1.807) is 12.1 Å². The number of carbonyl (C=O) groups excluding carboxylic acids is 1. The van der Waals surface area contributed by atoms with Gasteiger partial charge < -0.3 is 11.1 Å². The molecule has 1 saturated carbocycles. The van der Waals surface area contributed by atoms with Gasteiger partial charge in [-0.3, -0.25) is 4.79 Å². The lowest BCUT2D eigenvalue weighted by molar-refractivity contribution is -0.122. The summed E-state index contributed by atoms with van der Waals surface area (Å²) in [5.41, 5.74) is 6.80. The number of hydrogen-bond acceptors (Lipinski definition) is 2. The fraction of sp³-hybridized carbons (Fsp3) is 0.500. The number of rotatable bonds is 5. The molecule has 0 heterocycles. The van der Waals surface area contributed by atoms with E-state index in [9.17, 15) is 4.79 Å². The summed E-state index contributed by atoms with van der Waals surface area (Å²) in [4.78, 5) is 11.9. The van der Waals surface area contributed by atoms with E-state index >= 15 is 0 Å². The maximum atomic E-state index is 11.9.